The number of aryl methyl sites for hydroxylation is 1. The number of piperazine rings is 1. The first-order valence-corrected chi connectivity index (χ1v) is 9.57. The zero-order valence-electron chi connectivity index (χ0n) is 17.2. The van der Waals surface area contributed by atoms with Crippen LogP contribution in [-0.4, -0.2) is 79.7 Å². The maximum atomic E-state index is 12.5. The third-order valence-electron chi connectivity index (χ3n) is 4.71. The van der Waals surface area contributed by atoms with Gasteiger partial charge in [0.05, 0.1) is 20.8 Å². The molecule has 0 bridgehead atoms. The summed E-state index contributed by atoms with van der Waals surface area (Å²) in [5.74, 6) is 0.713. The molecule has 0 saturated carbocycles. The lowest BCUT2D eigenvalue weighted by molar-refractivity contribution is -0.133. The minimum absolute atomic E-state index is 0.0185. The maximum absolute atomic E-state index is 12.5. The van der Waals surface area contributed by atoms with Crippen LogP contribution in [0.1, 0.15) is 25.8 Å². The van der Waals surface area contributed by atoms with Crippen molar-refractivity contribution in [2.75, 3.05) is 46.9 Å². The highest BCUT2D eigenvalue weighted by Crippen LogP contribution is 2.37. The lowest BCUT2D eigenvalue weighted by Gasteiger charge is -2.34. The Labute approximate surface area is 166 Å². The summed E-state index contributed by atoms with van der Waals surface area (Å²) in [5, 5.41) is 12.9. The molecule has 1 fully saturated rings. The SMILES string of the molecule is COc1cc(CCC(=O)N2CCN(CC(=O)NC(C)C)CC2)cc(OC)c1O. The lowest BCUT2D eigenvalue weighted by Crippen LogP contribution is -2.51. The molecule has 0 atom stereocenters. The number of nitrogens with one attached hydrogen (secondary N) is 1. The number of methoxy groups -OCH3 is 2. The normalized spacial score (nSPS) is 14.8. The second-order valence-corrected chi connectivity index (χ2v) is 7.23. The fourth-order valence-electron chi connectivity index (χ4n) is 3.23. The molecule has 8 heteroatoms. The van der Waals surface area contributed by atoms with E-state index in [9.17, 15) is 14.7 Å². The van der Waals surface area contributed by atoms with Gasteiger partial charge in [0.15, 0.2) is 11.5 Å². The molecule has 1 aromatic rings. The average molecular weight is 393 g/mol. The van der Waals surface area contributed by atoms with Gasteiger partial charge in [0, 0.05) is 38.6 Å². The molecule has 1 heterocycles. The van der Waals surface area contributed by atoms with Gasteiger partial charge in [-0.15, -0.1) is 0 Å². The van der Waals surface area contributed by atoms with Gasteiger partial charge in [0.2, 0.25) is 17.6 Å². The van der Waals surface area contributed by atoms with E-state index in [1.54, 1.807) is 12.1 Å². The van der Waals surface area contributed by atoms with E-state index in [0.717, 1.165) is 5.56 Å². The van der Waals surface area contributed by atoms with Crippen molar-refractivity contribution in [1.29, 1.82) is 0 Å². The number of benzene rings is 1. The Balaban J connectivity index is 1.83. The van der Waals surface area contributed by atoms with Gasteiger partial charge < -0.3 is 24.8 Å². The van der Waals surface area contributed by atoms with E-state index in [4.69, 9.17) is 9.47 Å². The Morgan fingerprint density at radius 3 is 2.18 bits per heavy atom. The lowest BCUT2D eigenvalue weighted by atomic mass is 10.1. The molecule has 2 rings (SSSR count). The van der Waals surface area contributed by atoms with Crippen molar-refractivity contribution in [2.45, 2.75) is 32.7 Å². The van der Waals surface area contributed by atoms with Crippen LogP contribution in [0.25, 0.3) is 0 Å². The van der Waals surface area contributed by atoms with Crippen LogP contribution in [0.5, 0.6) is 17.2 Å². The van der Waals surface area contributed by atoms with Gasteiger partial charge in [-0.2, -0.15) is 0 Å². The van der Waals surface area contributed by atoms with Gasteiger partial charge in [0.25, 0.3) is 0 Å². The molecule has 1 aliphatic rings. The number of hydrogen-bond donors (Lipinski definition) is 2. The predicted octanol–water partition coefficient (Wildman–Crippen LogP) is 1.01. The molecule has 8 nitrogen and oxygen atoms in total. The molecule has 0 aromatic heterocycles. The number of ether oxygens (including phenoxy) is 2. The summed E-state index contributed by atoms with van der Waals surface area (Å²) in [6.07, 6.45) is 0.897. The molecule has 0 spiro atoms. The summed E-state index contributed by atoms with van der Waals surface area (Å²) < 4.78 is 10.3. The molecule has 0 radical (unpaired) electrons. The van der Waals surface area contributed by atoms with E-state index in [0.29, 0.717) is 57.1 Å². The van der Waals surface area contributed by atoms with Crippen LogP contribution in [0.4, 0.5) is 0 Å². The topological polar surface area (TPSA) is 91.3 Å². The highest BCUT2D eigenvalue weighted by Gasteiger charge is 2.22. The molecule has 0 unspecified atom stereocenters. The number of hydrogen-bond acceptors (Lipinski definition) is 6. The second kappa shape index (κ2) is 10.2. The molecule has 28 heavy (non-hydrogen) atoms. The van der Waals surface area contributed by atoms with Gasteiger partial charge >= 0.3 is 0 Å². The van der Waals surface area contributed by atoms with E-state index >= 15 is 0 Å². The summed E-state index contributed by atoms with van der Waals surface area (Å²) >= 11 is 0. The van der Waals surface area contributed by atoms with Crippen molar-refractivity contribution in [3.63, 3.8) is 0 Å². The third-order valence-corrected chi connectivity index (χ3v) is 4.71. The summed E-state index contributed by atoms with van der Waals surface area (Å²) in [7, 11) is 2.95. The zero-order chi connectivity index (χ0) is 20.7. The number of nitrogens with zero attached hydrogens (tertiary/aromatic N) is 2. The maximum Gasteiger partial charge on any atom is 0.234 e. The molecule has 156 valence electrons. The summed E-state index contributed by atoms with van der Waals surface area (Å²) in [6.45, 7) is 6.87. The van der Waals surface area contributed by atoms with Gasteiger partial charge in [0.1, 0.15) is 0 Å². The van der Waals surface area contributed by atoms with Crippen LogP contribution in [0.3, 0.4) is 0 Å². The Morgan fingerprint density at radius 2 is 1.68 bits per heavy atom. The molecule has 2 N–H and O–H groups in total. The number of carbonyl (C=O) groups is 2. The van der Waals surface area contributed by atoms with Crippen LogP contribution in [0.2, 0.25) is 0 Å². The van der Waals surface area contributed by atoms with Gasteiger partial charge in [-0.3, -0.25) is 14.5 Å². The van der Waals surface area contributed by atoms with Crippen molar-refractivity contribution in [1.82, 2.24) is 15.1 Å². The first kappa shape index (κ1) is 21.8. The Kier molecular flexibility index (Phi) is 7.92. The molecule has 0 aliphatic carbocycles. The first-order valence-electron chi connectivity index (χ1n) is 9.57. The first-order chi connectivity index (χ1) is 13.3. The van der Waals surface area contributed by atoms with E-state index in [1.165, 1.54) is 14.2 Å². The molecule has 1 saturated heterocycles. The van der Waals surface area contributed by atoms with Gasteiger partial charge in [-0.25, -0.2) is 0 Å². The van der Waals surface area contributed by atoms with E-state index in [1.807, 2.05) is 18.7 Å². The van der Waals surface area contributed by atoms with Crippen molar-refractivity contribution >= 4 is 11.8 Å². The number of phenols is 1. The van der Waals surface area contributed by atoms with Crippen LogP contribution >= 0.6 is 0 Å². The second-order valence-electron chi connectivity index (χ2n) is 7.23. The monoisotopic (exact) mass is 393 g/mol. The Bertz CT molecular complexity index is 659. The Hall–Kier alpha value is -2.48. The molecular formula is C20H31N3O5. The molecule has 1 aliphatic heterocycles. The molecule has 2 amide bonds. The number of phenolic OH excluding ortho intramolecular Hbond substituents is 1. The van der Waals surface area contributed by atoms with Gasteiger partial charge in [-0.05, 0) is 38.0 Å². The fraction of sp³-hybridized carbons (Fsp3) is 0.600. The minimum atomic E-state index is -0.0438. The summed E-state index contributed by atoms with van der Waals surface area (Å²) in [6, 6.07) is 3.57. The highest BCUT2D eigenvalue weighted by molar-refractivity contribution is 5.78. The molecule has 1 aromatic carbocycles. The average Bonchev–Trinajstić information content (AvgIpc) is 2.66. The van der Waals surface area contributed by atoms with E-state index in [-0.39, 0.29) is 23.6 Å². The van der Waals surface area contributed by atoms with Crippen molar-refractivity contribution in [3.8, 4) is 17.2 Å². The summed E-state index contributed by atoms with van der Waals surface area (Å²) in [4.78, 5) is 28.3. The number of amides is 2. The third kappa shape index (κ3) is 6.02. The van der Waals surface area contributed by atoms with Crippen molar-refractivity contribution in [2.24, 2.45) is 0 Å². The van der Waals surface area contributed by atoms with E-state index in [2.05, 4.69) is 10.2 Å². The predicted molar refractivity (Wildman–Crippen MR) is 106 cm³/mol. The van der Waals surface area contributed by atoms with Crippen molar-refractivity contribution in [3.05, 3.63) is 17.7 Å². The molecular weight excluding hydrogens is 362 g/mol. The zero-order valence-corrected chi connectivity index (χ0v) is 17.2. The quantitative estimate of drug-likeness (QED) is 0.685. The van der Waals surface area contributed by atoms with Crippen LogP contribution in [0, 0.1) is 0 Å². The number of aromatic hydroxyl groups is 1. The fourth-order valence-corrected chi connectivity index (χ4v) is 3.23. The Morgan fingerprint density at radius 1 is 1.11 bits per heavy atom. The summed E-state index contributed by atoms with van der Waals surface area (Å²) in [5.41, 5.74) is 0.865. The van der Waals surface area contributed by atoms with Crippen LogP contribution < -0.4 is 14.8 Å². The minimum Gasteiger partial charge on any atom is -0.502 e. The number of rotatable bonds is 8. The largest absolute Gasteiger partial charge is 0.502 e. The highest BCUT2D eigenvalue weighted by atomic mass is 16.5. The number of carbonyl (C=O) groups excluding carboxylic acids is 2. The standard InChI is InChI=1S/C20H31N3O5/c1-14(2)21-18(24)13-22-7-9-23(10-8-22)19(25)6-5-15-11-16(27-3)20(26)17(12-15)28-4/h11-12,14,26H,5-10,13H2,1-4H3,(H,21,24). The van der Waals surface area contributed by atoms with Crippen LogP contribution in [0.15, 0.2) is 12.1 Å². The van der Waals surface area contributed by atoms with E-state index < -0.39 is 0 Å². The van der Waals surface area contributed by atoms with Crippen molar-refractivity contribution < 1.29 is 24.2 Å². The van der Waals surface area contributed by atoms with Crippen LogP contribution in [-0.2, 0) is 16.0 Å². The smallest absolute Gasteiger partial charge is 0.234 e. The van der Waals surface area contributed by atoms with Gasteiger partial charge in [-0.1, -0.05) is 0 Å².